The van der Waals surface area contributed by atoms with Crippen LogP contribution < -0.4 is 9.62 Å². The van der Waals surface area contributed by atoms with Crippen LogP contribution in [0.5, 0.6) is 0 Å². The molecule has 0 saturated carbocycles. The van der Waals surface area contributed by atoms with Gasteiger partial charge < -0.3 is 5.32 Å². The number of sulfonamides is 1. The van der Waals surface area contributed by atoms with Crippen LogP contribution >= 0.6 is 22.9 Å². The van der Waals surface area contributed by atoms with Gasteiger partial charge in [-0.05, 0) is 53.8 Å². The van der Waals surface area contributed by atoms with Crippen molar-refractivity contribution in [1.29, 1.82) is 0 Å². The molecular formula is C20H19ClN2O3S2. The van der Waals surface area contributed by atoms with Crippen molar-refractivity contribution in [1.82, 2.24) is 5.32 Å². The fraction of sp³-hybridized carbons (Fsp3) is 0.150. The standard InChI is InChI=1S/C20H19ClN2O3S2/c1-14-5-3-4-6-15(14)13-22-20(24)19-18(11-12-27-19)23(2)28(25,26)17-9-7-16(21)8-10-17/h3-12H,13H2,1-2H3,(H,22,24). The summed E-state index contributed by atoms with van der Waals surface area (Å²) in [5, 5.41) is 5.02. The van der Waals surface area contributed by atoms with E-state index in [0.29, 0.717) is 22.1 Å². The number of nitrogens with one attached hydrogen (secondary N) is 1. The molecule has 0 radical (unpaired) electrons. The first-order valence-corrected chi connectivity index (χ1v) is 11.1. The number of hydrogen-bond acceptors (Lipinski definition) is 4. The summed E-state index contributed by atoms with van der Waals surface area (Å²) in [4.78, 5) is 13.1. The largest absolute Gasteiger partial charge is 0.347 e. The van der Waals surface area contributed by atoms with Gasteiger partial charge >= 0.3 is 0 Å². The average Bonchev–Trinajstić information content (AvgIpc) is 3.16. The Morgan fingerprint density at radius 1 is 1.11 bits per heavy atom. The van der Waals surface area contributed by atoms with E-state index >= 15 is 0 Å². The minimum Gasteiger partial charge on any atom is -0.347 e. The highest BCUT2D eigenvalue weighted by Crippen LogP contribution is 2.30. The van der Waals surface area contributed by atoms with Crippen molar-refractivity contribution in [2.75, 3.05) is 11.4 Å². The molecule has 0 spiro atoms. The van der Waals surface area contributed by atoms with E-state index in [1.54, 1.807) is 11.4 Å². The van der Waals surface area contributed by atoms with Crippen LogP contribution in [0.1, 0.15) is 20.8 Å². The molecule has 0 bridgehead atoms. The van der Waals surface area contributed by atoms with Crippen LogP contribution in [-0.4, -0.2) is 21.4 Å². The molecule has 3 aromatic rings. The van der Waals surface area contributed by atoms with E-state index in [9.17, 15) is 13.2 Å². The summed E-state index contributed by atoms with van der Waals surface area (Å²) in [6.07, 6.45) is 0. The second kappa shape index (κ2) is 8.34. The third-order valence-electron chi connectivity index (χ3n) is 4.36. The zero-order valence-corrected chi connectivity index (χ0v) is 17.7. The second-order valence-corrected chi connectivity index (χ2v) is 9.49. The molecule has 1 amide bonds. The third kappa shape index (κ3) is 4.22. The van der Waals surface area contributed by atoms with Crippen LogP contribution in [0.2, 0.25) is 5.02 Å². The molecule has 0 aliphatic heterocycles. The van der Waals surface area contributed by atoms with Crippen LogP contribution in [0.25, 0.3) is 0 Å². The molecular weight excluding hydrogens is 416 g/mol. The first-order valence-electron chi connectivity index (χ1n) is 8.45. The summed E-state index contributed by atoms with van der Waals surface area (Å²) in [6, 6.07) is 15.3. The molecule has 0 unspecified atom stereocenters. The van der Waals surface area contributed by atoms with E-state index in [-0.39, 0.29) is 10.8 Å². The molecule has 0 atom stereocenters. The summed E-state index contributed by atoms with van der Waals surface area (Å²) in [5.41, 5.74) is 2.43. The number of rotatable bonds is 6. The highest BCUT2D eigenvalue weighted by molar-refractivity contribution is 7.92. The van der Waals surface area contributed by atoms with Gasteiger partial charge in [-0.3, -0.25) is 9.10 Å². The van der Waals surface area contributed by atoms with Gasteiger partial charge in [0.15, 0.2) is 0 Å². The lowest BCUT2D eigenvalue weighted by atomic mass is 10.1. The number of carbonyl (C=O) groups is 1. The second-order valence-electron chi connectivity index (χ2n) is 6.17. The highest BCUT2D eigenvalue weighted by Gasteiger charge is 2.26. The summed E-state index contributed by atoms with van der Waals surface area (Å²) in [7, 11) is -2.37. The number of hydrogen-bond donors (Lipinski definition) is 1. The van der Waals surface area contributed by atoms with Gasteiger partial charge in [-0.2, -0.15) is 0 Å². The van der Waals surface area contributed by atoms with Gasteiger partial charge in [0.05, 0.1) is 10.6 Å². The lowest BCUT2D eigenvalue weighted by Crippen LogP contribution is -2.29. The molecule has 146 valence electrons. The van der Waals surface area contributed by atoms with Gasteiger partial charge in [0.1, 0.15) is 4.88 Å². The Morgan fingerprint density at radius 2 is 1.79 bits per heavy atom. The topological polar surface area (TPSA) is 66.5 Å². The number of amides is 1. The lowest BCUT2D eigenvalue weighted by molar-refractivity contribution is 0.0955. The van der Waals surface area contributed by atoms with Gasteiger partial charge in [0.25, 0.3) is 15.9 Å². The molecule has 8 heteroatoms. The first kappa shape index (κ1) is 20.4. The normalized spacial score (nSPS) is 11.2. The molecule has 1 N–H and O–H groups in total. The number of carbonyl (C=O) groups excluding carboxylic acids is 1. The van der Waals surface area contributed by atoms with Gasteiger partial charge in [-0.1, -0.05) is 35.9 Å². The Hall–Kier alpha value is -2.35. The Kier molecular flexibility index (Phi) is 6.07. The quantitative estimate of drug-likeness (QED) is 0.622. The van der Waals surface area contributed by atoms with Crippen LogP contribution in [0.4, 0.5) is 5.69 Å². The van der Waals surface area contributed by atoms with Crippen LogP contribution in [0, 0.1) is 6.92 Å². The zero-order valence-electron chi connectivity index (χ0n) is 15.3. The van der Waals surface area contributed by atoms with Crippen molar-refractivity contribution in [3.05, 3.63) is 81.0 Å². The van der Waals surface area contributed by atoms with E-state index < -0.39 is 10.0 Å². The van der Waals surface area contributed by atoms with Crippen LogP contribution in [0.3, 0.4) is 0 Å². The smallest absolute Gasteiger partial charge is 0.264 e. The molecule has 2 aromatic carbocycles. The lowest BCUT2D eigenvalue weighted by Gasteiger charge is -2.20. The van der Waals surface area contributed by atoms with E-state index in [1.807, 2.05) is 31.2 Å². The Morgan fingerprint density at radius 3 is 2.46 bits per heavy atom. The number of anilines is 1. The number of halogens is 1. The van der Waals surface area contributed by atoms with E-state index in [0.717, 1.165) is 15.4 Å². The predicted molar refractivity (Wildman–Crippen MR) is 114 cm³/mol. The van der Waals surface area contributed by atoms with Gasteiger partial charge in [0, 0.05) is 18.6 Å². The zero-order chi connectivity index (χ0) is 20.3. The fourth-order valence-corrected chi connectivity index (χ4v) is 4.91. The van der Waals surface area contributed by atoms with Crippen molar-refractivity contribution < 1.29 is 13.2 Å². The summed E-state index contributed by atoms with van der Waals surface area (Å²) >= 11 is 7.04. The van der Waals surface area contributed by atoms with Crippen molar-refractivity contribution >= 4 is 44.6 Å². The maximum atomic E-state index is 12.9. The number of thiophene rings is 1. The van der Waals surface area contributed by atoms with Gasteiger partial charge in [0.2, 0.25) is 0 Å². The maximum absolute atomic E-state index is 12.9. The Bertz CT molecular complexity index is 1090. The summed E-state index contributed by atoms with van der Waals surface area (Å²) in [6.45, 7) is 2.35. The van der Waals surface area contributed by atoms with Crippen LogP contribution in [0.15, 0.2) is 64.9 Å². The van der Waals surface area contributed by atoms with E-state index in [2.05, 4.69) is 5.32 Å². The van der Waals surface area contributed by atoms with E-state index in [4.69, 9.17) is 11.6 Å². The van der Waals surface area contributed by atoms with E-state index in [1.165, 1.54) is 42.6 Å². The predicted octanol–water partition coefficient (Wildman–Crippen LogP) is 4.47. The first-order chi connectivity index (χ1) is 13.3. The maximum Gasteiger partial charge on any atom is 0.264 e. The molecule has 0 saturated heterocycles. The molecule has 1 heterocycles. The van der Waals surface area contributed by atoms with Crippen molar-refractivity contribution in [3.63, 3.8) is 0 Å². The third-order valence-corrected chi connectivity index (χ3v) is 7.30. The molecule has 28 heavy (non-hydrogen) atoms. The Balaban J connectivity index is 1.81. The highest BCUT2D eigenvalue weighted by atomic mass is 35.5. The van der Waals surface area contributed by atoms with Crippen molar-refractivity contribution in [2.45, 2.75) is 18.4 Å². The molecule has 0 aliphatic carbocycles. The molecule has 0 aliphatic rings. The Labute approximate surface area is 173 Å². The van der Waals surface area contributed by atoms with Gasteiger partial charge in [-0.25, -0.2) is 8.42 Å². The molecule has 1 aromatic heterocycles. The summed E-state index contributed by atoms with van der Waals surface area (Å²) in [5.74, 6) is -0.314. The molecule has 3 rings (SSSR count). The minimum atomic E-state index is -3.81. The summed E-state index contributed by atoms with van der Waals surface area (Å²) < 4.78 is 26.9. The molecule has 5 nitrogen and oxygen atoms in total. The average molecular weight is 435 g/mol. The fourth-order valence-electron chi connectivity index (χ4n) is 2.68. The number of benzene rings is 2. The van der Waals surface area contributed by atoms with Crippen molar-refractivity contribution in [3.8, 4) is 0 Å². The SMILES string of the molecule is Cc1ccccc1CNC(=O)c1sccc1N(C)S(=O)(=O)c1ccc(Cl)cc1. The van der Waals surface area contributed by atoms with Crippen molar-refractivity contribution in [2.24, 2.45) is 0 Å². The number of aryl methyl sites for hydroxylation is 1. The minimum absolute atomic E-state index is 0.108. The number of nitrogens with zero attached hydrogens (tertiary/aromatic N) is 1. The van der Waals surface area contributed by atoms with Gasteiger partial charge in [-0.15, -0.1) is 11.3 Å². The van der Waals surface area contributed by atoms with Crippen LogP contribution in [-0.2, 0) is 16.6 Å². The monoisotopic (exact) mass is 434 g/mol. The molecule has 0 fully saturated rings.